The van der Waals surface area contributed by atoms with Crippen LogP contribution in [0.1, 0.15) is 18.9 Å². The first-order valence-electron chi connectivity index (χ1n) is 6.78. The molecular formula is C14H19ClN4S2. The van der Waals surface area contributed by atoms with Crippen LogP contribution in [0.25, 0.3) is 0 Å². The van der Waals surface area contributed by atoms with Crippen LogP contribution in [0.15, 0.2) is 27.4 Å². The number of hydrogen-bond acceptors (Lipinski definition) is 6. The second-order valence-corrected chi connectivity index (χ2v) is 7.46. The summed E-state index contributed by atoms with van der Waals surface area (Å²) in [6, 6.07) is 6.14. The van der Waals surface area contributed by atoms with Crippen LogP contribution >= 0.6 is 34.7 Å². The van der Waals surface area contributed by atoms with Crippen LogP contribution in [-0.2, 0) is 6.54 Å². The molecule has 1 N–H and O–H groups in total. The number of nitrogens with one attached hydrogen (secondary N) is 1. The van der Waals surface area contributed by atoms with E-state index in [9.17, 15) is 0 Å². The fraction of sp³-hybridized carbons (Fsp3) is 0.429. The van der Waals surface area contributed by atoms with Crippen molar-refractivity contribution in [1.82, 2.24) is 15.5 Å². The molecule has 21 heavy (non-hydrogen) atoms. The minimum atomic E-state index is 0.793. The number of nitrogens with zero attached hydrogens (tertiary/aromatic N) is 3. The summed E-state index contributed by atoms with van der Waals surface area (Å²) in [7, 11) is 3.92. The van der Waals surface area contributed by atoms with Gasteiger partial charge >= 0.3 is 0 Å². The molecule has 0 fully saturated rings. The molecule has 0 aliphatic rings. The topological polar surface area (TPSA) is 41.1 Å². The van der Waals surface area contributed by atoms with E-state index in [0.717, 1.165) is 44.5 Å². The normalized spacial score (nSPS) is 10.9. The molecule has 0 spiro atoms. The van der Waals surface area contributed by atoms with Crippen molar-refractivity contribution >= 4 is 39.8 Å². The van der Waals surface area contributed by atoms with E-state index in [1.165, 1.54) is 0 Å². The SMILES string of the molecule is CCCNCc1ccc(Sc2nnc(N(C)C)s2)cc1Cl. The Labute approximate surface area is 138 Å². The third-order valence-corrected chi connectivity index (χ3v) is 5.23. The molecule has 1 heterocycles. The molecule has 114 valence electrons. The van der Waals surface area contributed by atoms with Gasteiger partial charge in [-0.2, -0.15) is 0 Å². The lowest BCUT2D eigenvalue weighted by atomic mass is 10.2. The fourth-order valence-electron chi connectivity index (χ4n) is 1.66. The van der Waals surface area contributed by atoms with Gasteiger partial charge in [-0.15, -0.1) is 10.2 Å². The molecule has 1 aromatic heterocycles. The average Bonchev–Trinajstić information content (AvgIpc) is 2.90. The minimum Gasteiger partial charge on any atom is -0.353 e. The van der Waals surface area contributed by atoms with Gasteiger partial charge in [-0.25, -0.2) is 0 Å². The standard InChI is InChI=1S/C14H19ClN4S2/c1-4-7-16-9-10-5-6-11(8-12(10)15)20-14-18-17-13(21-14)19(2)3/h5-6,8,16H,4,7,9H2,1-3H3. The Morgan fingerprint density at radius 2 is 2.14 bits per heavy atom. The van der Waals surface area contributed by atoms with Crippen LogP contribution in [0.3, 0.4) is 0 Å². The molecule has 0 unspecified atom stereocenters. The Balaban J connectivity index is 2.02. The van der Waals surface area contributed by atoms with E-state index < -0.39 is 0 Å². The van der Waals surface area contributed by atoms with Crippen molar-refractivity contribution in [1.29, 1.82) is 0 Å². The Morgan fingerprint density at radius 1 is 1.33 bits per heavy atom. The van der Waals surface area contributed by atoms with E-state index in [0.29, 0.717) is 0 Å². The van der Waals surface area contributed by atoms with Crippen LogP contribution in [0.5, 0.6) is 0 Å². The number of hydrogen-bond donors (Lipinski definition) is 1. The third kappa shape index (κ3) is 4.85. The summed E-state index contributed by atoms with van der Waals surface area (Å²) >= 11 is 9.50. The number of halogens is 1. The minimum absolute atomic E-state index is 0.793. The largest absolute Gasteiger partial charge is 0.353 e. The van der Waals surface area contributed by atoms with Gasteiger partial charge in [0.05, 0.1) is 0 Å². The molecule has 0 aliphatic heterocycles. The number of anilines is 1. The molecule has 0 amide bonds. The lowest BCUT2D eigenvalue weighted by molar-refractivity contribution is 0.675. The number of benzene rings is 1. The predicted molar refractivity (Wildman–Crippen MR) is 91.8 cm³/mol. The van der Waals surface area contributed by atoms with Crippen molar-refractivity contribution in [3.8, 4) is 0 Å². The van der Waals surface area contributed by atoms with Crippen molar-refractivity contribution in [2.24, 2.45) is 0 Å². The highest BCUT2D eigenvalue weighted by atomic mass is 35.5. The Kier molecular flexibility index (Phi) is 6.29. The zero-order chi connectivity index (χ0) is 15.2. The quantitative estimate of drug-likeness (QED) is 0.772. The van der Waals surface area contributed by atoms with Gasteiger partial charge in [0.15, 0.2) is 4.34 Å². The Hall–Kier alpha value is -0.820. The molecular weight excluding hydrogens is 324 g/mol. The zero-order valence-electron chi connectivity index (χ0n) is 12.4. The van der Waals surface area contributed by atoms with Crippen LogP contribution < -0.4 is 10.2 Å². The second-order valence-electron chi connectivity index (χ2n) is 4.78. The summed E-state index contributed by atoms with van der Waals surface area (Å²) in [6.45, 7) is 3.96. The van der Waals surface area contributed by atoms with Crippen molar-refractivity contribution in [2.75, 3.05) is 25.5 Å². The van der Waals surface area contributed by atoms with Gasteiger partial charge in [-0.1, -0.05) is 47.7 Å². The van der Waals surface area contributed by atoms with Gasteiger partial charge in [0, 0.05) is 30.6 Å². The smallest absolute Gasteiger partial charge is 0.208 e. The monoisotopic (exact) mass is 342 g/mol. The van der Waals surface area contributed by atoms with E-state index in [1.54, 1.807) is 23.1 Å². The van der Waals surface area contributed by atoms with Gasteiger partial charge in [-0.3, -0.25) is 0 Å². The summed E-state index contributed by atoms with van der Waals surface area (Å²) in [4.78, 5) is 3.04. The van der Waals surface area contributed by atoms with Gasteiger partial charge in [0.2, 0.25) is 5.13 Å². The maximum absolute atomic E-state index is 6.34. The molecule has 0 saturated carbocycles. The first-order valence-corrected chi connectivity index (χ1v) is 8.79. The highest BCUT2D eigenvalue weighted by Crippen LogP contribution is 2.34. The lowest BCUT2D eigenvalue weighted by Gasteiger charge is -2.07. The summed E-state index contributed by atoms with van der Waals surface area (Å²) in [6.07, 6.45) is 1.12. The first-order chi connectivity index (χ1) is 10.1. The van der Waals surface area contributed by atoms with Gasteiger partial charge < -0.3 is 10.2 Å². The van der Waals surface area contributed by atoms with Gasteiger partial charge in [0.1, 0.15) is 0 Å². The van der Waals surface area contributed by atoms with E-state index >= 15 is 0 Å². The molecule has 1 aromatic carbocycles. The maximum Gasteiger partial charge on any atom is 0.208 e. The molecule has 7 heteroatoms. The van der Waals surface area contributed by atoms with Crippen LogP contribution in [0.2, 0.25) is 5.02 Å². The summed E-state index contributed by atoms with van der Waals surface area (Å²) in [5.41, 5.74) is 1.13. The van der Waals surface area contributed by atoms with Crippen molar-refractivity contribution in [3.05, 3.63) is 28.8 Å². The van der Waals surface area contributed by atoms with Crippen molar-refractivity contribution in [2.45, 2.75) is 29.1 Å². The van der Waals surface area contributed by atoms with E-state index in [4.69, 9.17) is 11.6 Å². The van der Waals surface area contributed by atoms with Gasteiger partial charge in [0.25, 0.3) is 0 Å². The fourth-order valence-corrected chi connectivity index (χ4v) is 3.75. The lowest BCUT2D eigenvalue weighted by Crippen LogP contribution is -2.13. The summed E-state index contributed by atoms with van der Waals surface area (Å²) in [5.74, 6) is 0. The highest BCUT2D eigenvalue weighted by Gasteiger charge is 2.09. The highest BCUT2D eigenvalue weighted by molar-refractivity contribution is 8.01. The van der Waals surface area contributed by atoms with Crippen molar-refractivity contribution < 1.29 is 0 Å². The molecule has 0 saturated heterocycles. The molecule has 0 radical (unpaired) electrons. The number of aromatic nitrogens is 2. The molecule has 0 bridgehead atoms. The molecule has 4 nitrogen and oxygen atoms in total. The van der Waals surface area contributed by atoms with Gasteiger partial charge in [-0.05, 0) is 30.7 Å². The average molecular weight is 343 g/mol. The zero-order valence-corrected chi connectivity index (χ0v) is 14.8. The van der Waals surface area contributed by atoms with E-state index in [2.05, 4.69) is 34.6 Å². The Bertz CT molecular complexity index is 586. The molecule has 0 aliphatic carbocycles. The number of rotatable bonds is 7. The third-order valence-electron chi connectivity index (χ3n) is 2.75. The molecule has 2 aromatic rings. The second kappa shape index (κ2) is 7.98. The summed E-state index contributed by atoms with van der Waals surface area (Å²) in [5, 5.41) is 13.4. The van der Waals surface area contributed by atoms with Crippen molar-refractivity contribution in [3.63, 3.8) is 0 Å². The first kappa shape index (κ1) is 16.5. The van der Waals surface area contributed by atoms with E-state index in [1.807, 2.05) is 25.1 Å². The van der Waals surface area contributed by atoms with E-state index in [-0.39, 0.29) is 0 Å². The summed E-state index contributed by atoms with van der Waals surface area (Å²) < 4.78 is 0.923. The molecule has 2 rings (SSSR count). The predicted octanol–water partition coefficient (Wildman–Crippen LogP) is 3.91. The molecule has 0 atom stereocenters. The Morgan fingerprint density at radius 3 is 2.76 bits per heavy atom. The van der Waals surface area contributed by atoms with Crippen LogP contribution in [0.4, 0.5) is 5.13 Å². The maximum atomic E-state index is 6.34. The van der Waals surface area contributed by atoms with Crippen LogP contribution in [0, 0.1) is 0 Å². The van der Waals surface area contributed by atoms with Crippen LogP contribution in [-0.4, -0.2) is 30.8 Å².